The molecule has 0 saturated carbocycles. The average Bonchev–Trinajstić information content (AvgIpc) is 3.46. The predicted molar refractivity (Wildman–Crippen MR) is 117 cm³/mol. The zero-order chi connectivity index (χ0) is 21.4. The van der Waals surface area contributed by atoms with Crippen LogP contribution in [0.5, 0.6) is 0 Å². The van der Waals surface area contributed by atoms with Crippen molar-refractivity contribution in [1.29, 1.82) is 0 Å². The topological polar surface area (TPSA) is 114 Å². The molecule has 1 aliphatic heterocycles. The van der Waals surface area contributed by atoms with Crippen LogP contribution in [0.25, 0.3) is 11.2 Å². The Labute approximate surface area is 182 Å². The van der Waals surface area contributed by atoms with Crippen LogP contribution >= 0.6 is 11.3 Å². The maximum atomic E-state index is 12.9. The molecule has 11 heteroatoms. The average molecular weight is 457 g/mol. The van der Waals surface area contributed by atoms with Crippen LogP contribution in [0.2, 0.25) is 0 Å². The van der Waals surface area contributed by atoms with E-state index in [0.29, 0.717) is 35.2 Å². The maximum Gasteiger partial charge on any atom is 0.281 e. The van der Waals surface area contributed by atoms with Gasteiger partial charge in [-0.25, -0.2) is 18.1 Å². The quantitative estimate of drug-likeness (QED) is 0.492. The summed E-state index contributed by atoms with van der Waals surface area (Å²) >= 11 is 1.21. The number of benzene rings is 1. The molecule has 1 aromatic carbocycles. The van der Waals surface area contributed by atoms with E-state index in [1.807, 2.05) is 30.3 Å². The van der Waals surface area contributed by atoms with Gasteiger partial charge < -0.3 is 4.98 Å². The van der Waals surface area contributed by atoms with E-state index >= 15 is 0 Å². The number of hydrogen-bond donors (Lipinski definition) is 1. The minimum absolute atomic E-state index is 0.179. The van der Waals surface area contributed by atoms with Crippen LogP contribution in [0.3, 0.4) is 0 Å². The SMILES string of the molecule is O=c1[nH]c([C@@H]2CCCN(S(=O)(=O)c3cccs3)C2)nc2c1nnn2Cc1ccccc1. The van der Waals surface area contributed by atoms with Crippen molar-refractivity contribution in [3.63, 3.8) is 0 Å². The molecular formula is C20H20N6O3S2. The van der Waals surface area contributed by atoms with Gasteiger partial charge in [0, 0.05) is 19.0 Å². The van der Waals surface area contributed by atoms with E-state index < -0.39 is 10.0 Å². The monoisotopic (exact) mass is 456 g/mol. The molecule has 1 aliphatic rings. The first-order valence-electron chi connectivity index (χ1n) is 9.93. The van der Waals surface area contributed by atoms with E-state index in [4.69, 9.17) is 0 Å². The van der Waals surface area contributed by atoms with Crippen molar-refractivity contribution in [2.24, 2.45) is 0 Å². The van der Waals surface area contributed by atoms with Gasteiger partial charge in [0.15, 0.2) is 11.2 Å². The minimum Gasteiger partial charge on any atom is -0.308 e. The van der Waals surface area contributed by atoms with Gasteiger partial charge in [-0.2, -0.15) is 4.31 Å². The third-order valence-electron chi connectivity index (χ3n) is 5.43. The highest BCUT2D eigenvalue weighted by molar-refractivity contribution is 7.91. The number of aromatic amines is 1. The molecule has 9 nitrogen and oxygen atoms in total. The van der Waals surface area contributed by atoms with Crippen LogP contribution in [0.15, 0.2) is 56.8 Å². The smallest absolute Gasteiger partial charge is 0.281 e. The number of H-pyrrole nitrogens is 1. The maximum absolute atomic E-state index is 12.9. The zero-order valence-electron chi connectivity index (χ0n) is 16.5. The van der Waals surface area contributed by atoms with Crippen LogP contribution in [0.1, 0.15) is 30.1 Å². The van der Waals surface area contributed by atoms with Gasteiger partial charge in [-0.05, 0) is 29.9 Å². The van der Waals surface area contributed by atoms with Crippen molar-refractivity contribution in [2.75, 3.05) is 13.1 Å². The Morgan fingerprint density at radius 2 is 2.00 bits per heavy atom. The summed E-state index contributed by atoms with van der Waals surface area (Å²) in [5.74, 6) is 0.265. The summed E-state index contributed by atoms with van der Waals surface area (Å²) in [5.41, 5.74) is 1.24. The minimum atomic E-state index is -3.55. The molecule has 4 aromatic rings. The van der Waals surface area contributed by atoms with Gasteiger partial charge in [-0.1, -0.05) is 41.6 Å². The van der Waals surface area contributed by atoms with E-state index in [2.05, 4.69) is 20.3 Å². The van der Waals surface area contributed by atoms with Crippen LogP contribution in [0, 0.1) is 0 Å². The largest absolute Gasteiger partial charge is 0.308 e. The highest BCUT2D eigenvalue weighted by atomic mass is 32.2. The fraction of sp³-hybridized carbons (Fsp3) is 0.300. The Bertz CT molecular complexity index is 1360. The first-order valence-corrected chi connectivity index (χ1v) is 12.3. The van der Waals surface area contributed by atoms with Crippen molar-refractivity contribution in [3.8, 4) is 0 Å². The van der Waals surface area contributed by atoms with Gasteiger partial charge in [0.25, 0.3) is 15.6 Å². The lowest BCUT2D eigenvalue weighted by Gasteiger charge is -2.30. The molecule has 3 aromatic heterocycles. The molecule has 0 radical (unpaired) electrons. The van der Waals surface area contributed by atoms with Gasteiger partial charge in [-0.15, -0.1) is 16.4 Å². The van der Waals surface area contributed by atoms with Crippen molar-refractivity contribution < 1.29 is 8.42 Å². The van der Waals surface area contributed by atoms with Crippen molar-refractivity contribution >= 4 is 32.5 Å². The van der Waals surface area contributed by atoms with Crippen molar-refractivity contribution in [2.45, 2.75) is 29.5 Å². The molecule has 4 heterocycles. The number of hydrogen-bond acceptors (Lipinski definition) is 7. The molecule has 0 aliphatic carbocycles. The fourth-order valence-electron chi connectivity index (χ4n) is 3.86. The Hall–Kier alpha value is -2.89. The van der Waals surface area contributed by atoms with Crippen LogP contribution in [-0.2, 0) is 16.6 Å². The van der Waals surface area contributed by atoms with E-state index in [9.17, 15) is 13.2 Å². The number of nitrogens with one attached hydrogen (secondary N) is 1. The summed E-state index contributed by atoms with van der Waals surface area (Å²) in [7, 11) is -3.55. The first-order chi connectivity index (χ1) is 15.0. The molecule has 5 rings (SSSR count). The number of thiophene rings is 1. The first kappa shape index (κ1) is 20.0. The number of rotatable bonds is 5. The van der Waals surface area contributed by atoms with E-state index in [1.54, 1.807) is 22.2 Å². The van der Waals surface area contributed by atoms with Gasteiger partial charge in [-0.3, -0.25) is 4.79 Å². The zero-order valence-corrected chi connectivity index (χ0v) is 18.1. The van der Waals surface area contributed by atoms with E-state index in [1.165, 1.54) is 15.6 Å². The fourth-order valence-corrected chi connectivity index (χ4v) is 6.53. The Kier molecular flexibility index (Phi) is 5.16. The summed E-state index contributed by atoms with van der Waals surface area (Å²) in [6, 6.07) is 13.1. The lowest BCUT2D eigenvalue weighted by atomic mass is 9.99. The predicted octanol–water partition coefficient (Wildman–Crippen LogP) is 2.19. The van der Waals surface area contributed by atoms with Crippen molar-refractivity contribution in [3.05, 3.63) is 69.6 Å². The Balaban J connectivity index is 1.47. The van der Waals surface area contributed by atoms with E-state index in [-0.39, 0.29) is 23.5 Å². The molecule has 1 atom stereocenters. The molecule has 31 heavy (non-hydrogen) atoms. The van der Waals surface area contributed by atoms with Crippen LogP contribution in [-0.4, -0.2) is 50.8 Å². The summed E-state index contributed by atoms with van der Waals surface area (Å²) in [4.78, 5) is 20.1. The number of aromatic nitrogens is 5. The van der Waals surface area contributed by atoms with Gasteiger partial charge in [0.05, 0.1) is 6.54 Å². The normalized spacial score (nSPS) is 17.9. The molecule has 1 N–H and O–H groups in total. The highest BCUT2D eigenvalue weighted by Crippen LogP contribution is 2.30. The second-order valence-electron chi connectivity index (χ2n) is 7.49. The Morgan fingerprint density at radius 3 is 2.77 bits per heavy atom. The molecule has 1 saturated heterocycles. The van der Waals surface area contributed by atoms with Crippen LogP contribution in [0.4, 0.5) is 0 Å². The highest BCUT2D eigenvalue weighted by Gasteiger charge is 2.33. The number of nitrogens with zero attached hydrogens (tertiary/aromatic N) is 5. The van der Waals surface area contributed by atoms with Gasteiger partial charge in [0.1, 0.15) is 10.0 Å². The summed E-state index contributed by atoms with van der Waals surface area (Å²) in [6.07, 6.45) is 1.43. The molecule has 0 amide bonds. The van der Waals surface area contributed by atoms with E-state index in [0.717, 1.165) is 12.0 Å². The van der Waals surface area contributed by atoms with Crippen LogP contribution < -0.4 is 5.56 Å². The Morgan fingerprint density at radius 1 is 1.16 bits per heavy atom. The molecule has 1 fully saturated rings. The second kappa shape index (κ2) is 7.98. The molecule has 0 bridgehead atoms. The van der Waals surface area contributed by atoms with Gasteiger partial charge in [0.2, 0.25) is 0 Å². The standard InChI is InChI=1S/C20H20N6O3S2/c27-20-17-19(26(24-23-17)12-14-6-2-1-3-7-14)21-18(22-20)15-8-4-10-25(13-15)31(28,29)16-9-5-11-30-16/h1-3,5-7,9,11,15H,4,8,10,12-13H2,(H,21,22,27)/t15-/m1/s1. The number of fused-ring (bicyclic) bond motifs is 1. The lowest BCUT2D eigenvalue weighted by molar-refractivity contribution is 0.309. The number of sulfonamides is 1. The molecule has 160 valence electrons. The van der Waals surface area contributed by atoms with Crippen molar-refractivity contribution in [1.82, 2.24) is 29.3 Å². The van der Waals surface area contributed by atoms with Gasteiger partial charge >= 0.3 is 0 Å². The summed E-state index contributed by atoms with van der Waals surface area (Å²) in [6.45, 7) is 1.17. The third-order valence-corrected chi connectivity index (χ3v) is 8.67. The molecule has 0 unspecified atom stereocenters. The molecule has 0 spiro atoms. The summed E-state index contributed by atoms with van der Waals surface area (Å²) < 4.78 is 29.3. The lowest BCUT2D eigenvalue weighted by Crippen LogP contribution is -2.39. The number of piperidine rings is 1. The second-order valence-corrected chi connectivity index (χ2v) is 10.6. The summed E-state index contributed by atoms with van der Waals surface area (Å²) in [5, 5.41) is 9.85. The third kappa shape index (κ3) is 3.80. The molecular weight excluding hydrogens is 436 g/mol.